The number of aromatic nitrogens is 2. The van der Waals surface area contributed by atoms with E-state index in [1.807, 2.05) is 26.0 Å². The van der Waals surface area contributed by atoms with Crippen LogP contribution in [0.15, 0.2) is 48.5 Å². The minimum atomic E-state index is -0.263. The summed E-state index contributed by atoms with van der Waals surface area (Å²) in [5, 5.41) is 4.53. The lowest BCUT2D eigenvalue weighted by Crippen LogP contribution is -2.02. The molecule has 0 unspecified atom stereocenters. The van der Waals surface area contributed by atoms with Gasteiger partial charge < -0.3 is 5.73 Å². The number of benzene rings is 2. The molecule has 3 aromatic rings. The van der Waals surface area contributed by atoms with Gasteiger partial charge in [-0.3, -0.25) is 0 Å². The molecule has 1 aromatic heterocycles. The lowest BCUT2D eigenvalue weighted by molar-refractivity contribution is 0.628. The molecule has 0 saturated carbocycles. The van der Waals surface area contributed by atoms with Crippen LogP contribution in [0.3, 0.4) is 0 Å². The smallest absolute Gasteiger partial charge is 0.127 e. The van der Waals surface area contributed by atoms with Gasteiger partial charge in [0.15, 0.2) is 0 Å². The summed E-state index contributed by atoms with van der Waals surface area (Å²) in [5.74, 6) is 0.291. The van der Waals surface area contributed by atoms with E-state index in [2.05, 4.69) is 11.2 Å². The molecule has 0 aliphatic heterocycles. The normalized spacial score (nSPS) is 10.8. The largest absolute Gasteiger partial charge is 0.384 e. The minimum absolute atomic E-state index is 0.263. The summed E-state index contributed by atoms with van der Waals surface area (Å²) in [4.78, 5) is 0. The number of rotatable bonds is 2. The summed E-state index contributed by atoms with van der Waals surface area (Å²) in [5.41, 5.74) is 10.9. The van der Waals surface area contributed by atoms with E-state index in [1.54, 1.807) is 22.9 Å². The molecule has 106 valence electrons. The Kier molecular flexibility index (Phi) is 3.22. The van der Waals surface area contributed by atoms with Gasteiger partial charge in [0.25, 0.3) is 0 Å². The van der Waals surface area contributed by atoms with Crippen molar-refractivity contribution in [3.8, 4) is 16.9 Å². The van der Waals surface area contributed by atoms with Crippen LogP contribution >= 0.6 is 0 Å². The molecule has 21 heavy (non-hydrogen) atoms. The predicted molar refractivity (Wildman–Crippen MR) is 82.8 cm³/mol. The number of aryl methyl sites for hydroxylation is 2. The van der Waals surface area contributed by atoms with Gasteiger partial charge in [0.1, 0.15) is 11.6 Å². The van der Waals surface area contributed by atoms with Gasteiger partial charge >= 0.3 is 0 Å². The zero-order valence-electron chi connectivity index (χ0n) is 12.0. The van der Waals surface area contributed by atoms with Gasteiger partial charge in [-0.15, -0.1) is 0 Å². The van der Waals surface area contributed by atoms with Crippen LogP contribution in [0.5, 0.6) is 0 Å². The molecule has 0 fully saturated rings. The van der Waals surface area contributed by atoms with Crippen LogP contribution in [0.1, 0.15) is 11.1 Å². The second-order valence-corrected chi connectivity index (χ2v) is 5.22. The molecule has 1 heterocycles. The average Bonchev–Trinajstić information content (AvgIpc) is 2.80. The standard InChI is InChI=1S/C17H16FN3/c1-11-7-12(2)9-15(8-11)21-17(19)10-16(20-21)13-3-5-14(18)6-4-13/h3-10H,19H2,1-2H3. The summed E-state index contributed by atoms with van der Waals surface area (Å²) >= 11 is 0. The molecule has 0 aliphatic carbocycles. The fourth-order valence-corrected chi connectivity index (χ4v) is 2.44. The second kappa shape index (κ2) is 5.05. The second-order valence-electron chi connectivity index (χ2n) is 5.22. The van der Waals surface area contributed by atoms with Gasteiger partial charge in [-0.2, -0.15) is 5.10 Å². The van der Waals surface area contributed by atoms with Crippen molar-refractivity contribution >= 4 is 5.82 Å². The molecule has 3 nitrogen and oxygen atoms in total. The van der Waals surface area contributed by atoms with Crippen LogP contribution in [0.4, 0.5) is 10.2 Å². The Morgan fingerprint density at radius 2 is 1.57 bits per heavy atom. The van der Waals surface area contributed by atoms with Crippen molar-refractivity contribution in [2.45, 2.75) is 13.8 Å². The molecular weight excluding hydrogens is 265 g/mol. The first-order valence-electron chi connectivity index (χ1n) is 6.73. The summed E-state index contributed by atoms with van der Waals surface area (Å²) in [6, 6.07) is 14.2. The van der Waals surface area contributed by atoms with Gasteiger partial charge in [0.2, 0.25) is 0 Å². The highest BCUT2D eigenvalue weighted by molar-refractivity contribution is 5.63. The summed E-state index contributed by atoms with van der Waals surface area (Å²) in [6.45, 7) is 4.08. The third-order valence-electron chi connectivity index (χ3n) is 3.33. The first kappa shape index (κ1) is 13.4. The molecule has 0 spiro atoms. The Morgan fingerprint density at radius 1 is 0.952 bits per heavy atom. The van der Waals surface area contributed by atoms with Crippen molar-refractivity contribution in [2.24, 2.45) is 0 Å². The van der Waals surface area contributed by atoms with Crippen LogP contribution in [0.2, 0.25) is 0 Å². The van der Waals surface area contributed by atoms with Crippen molar-refractivity contribution in [3.63, 3.8) is 0 Å². The summed E-state index contributed by atoms with van der Waals surface area (Å²) in [7, 11) is 0. The average molecular weight is 281 g/mol. The number of nitrogens with two attached hydrogens (primary N) is 1. The first-order valence-corrected chi connectivity index (χ1v) is 6.73. The topological polar surface area (TPSA) is 43.8 Å². The molecular formula is C17H16FN3. The molecule has 0 radical (unpaired) electrons. The molecule has 2 aromatic carbocycles. The highest BCUT2D eigenvalue weighted by Crippen LogP contribution is 2.24. The molecule has 0 aliphatic rings. The fourth-order valence-electron chi connectivity index (χ4n) is 2.44. The Balaban J connectivity index is 2.07. The molecule has 2 N–H and O–H groups in total. The van der Waals surface area contributed by atoms with E-state index < -0.39 is 0 Å². The van der Waals surface area contributed by atoms with Crippen molar-refractivity contribution in [1.29, 1.82) is 0 Å². The Labute approximate surface area is 122 Å². The van der Waals surface area contributed by atoms with E-state index in [9.17, 15) is 4.39 Å². The van der Waals surface area contributed by atoms with Crippen molar-refractivity contribution in [3.05, 3.63) is 65.5 Å². The van der Waals surface area contributed by atoms with Crippen LogP contribution < -0.4 is 5.73 Å². The highest BCUT2D eigenvalue weighted by Gasteiger charge is 2.09. The summed E-state index contributed by atoms with van der Waals surface area (Å²) < 4.78 is 14.7. The SMILES string of the molecule is Cc1cc(C)cc(-n2nc(-c3ccc(F)cc3)cc2N)c1. The van der Waals surface area contributed by atoms with Crippen LogP contribution in [0.25, 0.3) is 16.9 Å². The van der Waals surface area contributed by atoms with E-state index in [0.717, 1.165) is 28.1 Å². The molecule has 4 heteroatoms. The van der Waals surface area contributed by atoms with Gasteiger partial charge in [0, 0.05) is 11.6 Å². The predicted octanol–water partition coefficient (Wildman–Crippen LogP) is 3.88. The molecule has 0 amide bonds. The maximum atomic E-state index is 13.0. The third-order valence-corrected chi connectivity index (χ3v) is 3.33. The Bertz CT molecular complexity index is 768. The maximum Gasteiger partial charge on any atom is 0.127 e. The van der Waals surface area contributed by atoms with Gasteiger partial charge in [-0.1, -0.05) is 6.07 Å². The number of nitrogen functional groups attached to an aromatic ring is 1. The quantitative estimate of drug-likeness (QED) is 0.774. The van der Waals surface area contributed by atoms with Gasteiger partial charge in [0.05, 0.1) is 11.4 Å². The Morgan fingerprint density at radius 3 is 2.19 bits per heavy atom. The van der Waals surface area contributed by atoms with Gasteiger partial charge in [-0.05, 0) is 61.4 Å². The molecule has 0 saturated heterocycles. The number of nitrogens with zero attached hydrogens (tertiary/aromatic N) is 2. The monoisotopic (exact) mass is 281 g/mol. The minimum Gasteiger partial charge on any atom is -0.384 e. The van der Waals surface area contributed by atoms with Crippen molar-refractivity contribution < 1.29 is 4.39 Å². The molecule has 0 atom stereocenters. The highest BCUT2D eigenvalue weighted by atomic mass is 19.1. The van der Waals surface area contributed by atoms with E-state index in [0.29, 0.717) is 5.82 Å². The molecule has 0 bridgehead atoms. The summed E-state index contributed by atoms with van der Waals surface area (Å²) in [6.07, 6.45) is 0. The number of halogens is 1. The van der Waals surface area contributed by atoms with Gasteiger partial charge in [-0.25, -0.2) is 9.07 Å². The number of hydrogen-bond acceptors (Lipinski definition) is 2. The lowest BCUT2D eigenvalue weighted by Gasteiger charge is -2.06. The van der Waals surface area contributed by atoms with Crippen LogP contribution in [0, 0.1) is 19.7 Å². The lowest BCUT2D eigenvalue weighted by atomic mass is 10.1. The van der Waals surface area contributed by atoms with Crippen molar-refractivity contribution in [2.75, 3.05) is 5.73 Å². The Hall–Kier alpha value is -2.62. The van der Waals surface area contributed by atoms with E-state index >= 15 is 0 Å². The van der Waals surface area contributed by atoms with E-state index in [4.69, 9.17) is 5.73 Å². The first-order chi connectivity index (χ1) is 10.0. The van der Waals surface area contributed by atoms with E-state index in [-0.39, 0.29) is 5.82 Å². The fraction of sp³-hybridized carbons (Fsp3) is 0.118. The number of anilines is 1. The molecule has 3 rings (SSSR count). The zero-order valence-corrected chi connectivity index (χ0v) is 12.0. The van der Waals surface area contributed by atoms with Crippen LogP contribution in [-0.4, -0.2) is 9.78 Å². The van der Waals surface area contributed by atoms with Crippen molar-refractivity contribution in [1.82, 2.24) is 9.78 Å². The number of hydrogen-bond donors (Lipinski definition) is 1. The van der Waals surface area contributed by atoms with Crippen LogP contribution in [-0.2, 0) is 0 Å². The zero-order chi connectivity index (χ0) is 15.0. The van der Waals surface area contributed by atoms with E-state index in [1.165, 1.54) is 12.1 Å². The maximum absolute atomic E-state index is 13.0. The third kappa shape index (κ3) is 2.65.